The highest BCUT2D eigenvalue weighted by molar-refractivity contribution is 6.22. The summed E-state index contributed by atoms with van der Waals surface area (Å²) in [5.74, 6) is 0. The van der Waals surface area contributed by atoms with Gasteiger partial charge >= 0.3 is 0 Å². The number of rotatable bonds is 7. The van der Waals surface area contributed by atoms with E-state index < -0.39 is 0 Å². The summed E-state index contributed by atoms with van der Waals surface area (Å²) >= 11 is 0. The molecule has 0 aliphatic heterocycles. The molecule has 8 rings (SSSR count). The van der Waals surface area contributed by atoms with Gasteiger partial charge in [-0.2, -0.15) is 0 Å². The number of aromatic nitrogens is 2. The van der Waals surface area contributed by atoms with E-state index in [0.717, 1.165) is 61.6 Å². The molecular weight excluding hydrogens is 546 g/mol. The summed E-state index contributed by atoms with van der Waals surface area (Å²) in [5.41, 5.74) is 11.2. The average molecular weight is 578 g/mol. The van der Waals surface area contributed by atoms with Crippen LogP contribution in [0.15, 0.2) is 165 Å². The van der Waals surface area contributed by atoms with Crippen LogP contribution in [0.2, 0.25) is 0 Å². The Balaban J connectivity index is 1.38. The van der Waals surface area contributed by atoms with Crippen LogP contribution in [0.1, 0.15) is 11.3 Å². The van der Waals surface area contributed by atoms with Crippen LogP contribution in [0.25, 0.3) is 56.2 Å². The molecule has 0 atom stereocenters. The predicted octanol–water partition coefficient (Wildman–Crippen LogP) is 11.5. The summed E-state index contributed by atoms with van der Waals surface area (Å²) in [6.07, 6.45) is 3.90. The number of anilines is 3. The van der Waals surface area contributed by atoms with Crippen molar-refractivity contribution in [2.45, 2.75) is 0 Å². The number of nitrogens with zero attached hydrogens (tertiary/aromatic N) is 3. The van der Waals surface area contributed by atoms with Crippen LogP contribution in [-0.2, 0) is 0 Å². The molecule has 0 aliphatic rings. The fourth-order valence-corrected chi connectivity index (χ4v) is 6.76. The first-order valence-electron chi connectivity index (χ1n) is 15.2. The Morgan fingerprint density at radius 3 is 1.62 bits per heavy atom. The van der Waals surface area contributed by atoms with Crippen molar-refractivity contribution in [3.8, 4) is 11.4 Å². The third-order valence-electron chi connectivity index (χ3n) is 8.65. The van der Waals surface area contributed by atoms with Gasteiger partial charge in [0.25, 0.3) is 0 Å². The van der Waals surface area contributed by atoms with Crippen LogP contribution >= 0.6 is 0 Å². The molecule has 0 fully saturated rings. The Hall–Kier alpha value is -6.06. The van der Waals surface area contributed by atoms with Gasteiger partial charge in [0, 0.05) is 50.2 Å². The number of hydrogen-bond acceptors (Lipinski definition) is 1. The van der Waals surface area contributed by atoms with Gasteiger partial charge in [0.2, 0.25) is 0 Å². The fraction of sp³-hybridized carbons (Fsp3) is 0. The lowest BCUT2D eigenvalue weighted by Crippen LogP contribution is -2.09. The minimum atomic E-state index is 1.04. The van der Waals surface area contributed by atoms with E-state index in [1.54, 1.807) is 0 Å². The van der Waals surface area contributed by atoms with E-state index in [0.29, 0.717) is 0 Å². The third kappa shape index (κ3) is 4.21. The van der Waals surface area contributed by atoms with Gasteiger partial charge in [0.05, 0.1) is 22.2 Å². The number of para-hydroxylation sites is 4. The SMILES string of the molecule is C=Cc1c(C=C)n(-c2ccccc2)c2c1ccc1c2c2ccccc2n1-c1ccc(N(c2ccccc2)c2ccccc2)cc1. The molecule has 214 valence electrons. The molecule has 3 heteroatoms. The minimum absolute atomic E-state index is 1.04. The van der Waals surface area contributed by atoms with Gasteiger partial charge in [-0.15, -0.1) is 0 Å². The van der Waals surface area contributed by atoms with Gasteiger partial charge in [-0.1, -0.05) is 98.1 Å². The van der Waals surface area contributed by atoms with Crippen molar-refractivity contribution in [2.24, 2.45) is 0 Å². The molecular formula is C42H31N3. The molecule has 45 heavy (non-hydrogen) atoms. The highest BCUT2D eigenvalue weighted by Gasteiger charge is 2.22. The minimum Gasteiger partial charge on any atom is -0.311 e. The Morgan fingerprint density at radius 2 is 1.00 bits per heavy atom. The summed E-state index contributed by atoms with van der Waals surface area (Å²) in [6.45, 7) is 8.39. The maximum Gasteiger partial charge on any atom is 0.0641 e. The maximum absolute atomic E-state index is 4.20. The number of fused-ring (bicyclic) bond motifs is 5. The molecule has 0 amide bonds. The van der Waals surface area contributed by atoms with E-state index >= 15 is 0 Å². The topological polar surface area (TPSA) is 13.1 Å². The first-order valence-corrected chi connectivity index (χ1v) is 15.2. The second-order valence-corrected chi connectivity index (χ2v) is 11.1. The molecule has 6 aromatic carbocycles. The van der Waals surface area contributed by atoms with E-state index in [2.05, 4.69) is 179 Å². The molecule has 3 nitrogen and oxygen atoms in total. The Morgan fingerprint density at radius 1 is 0.444 bits per heavy atom. The van der Waals surface area contributed by atoms with Crippen molar-refractivity contribution in [3.05, 3.63) is 176 Å². The molecule has 0 spiro atoms. The zero-order valence-corrected chi connectivity index (χ0v) is 24.8. The second kappa shape index (κ2) is 10.9. The summed E-state index contributed by atoms with van der Waals surface area (Å²) in [5, 5.41) is 3.58. The van der Waals surface area contributed by atoms with Gasteiger partial charge in [-0.3, -0.25) is 0 Å². The van der Waals surface area contributed by atoms with Crippen LogP contribution in [0.3, 0.4) is 0 Å². The maximum atomic E-state index is 4.20. The molecule has 0 saturated carbocycles. The van der Waals surface area contributed by atoms with Crippen LogP contribution in [0.5, 0.6) is 0 Å². The quantitative estimate of drug-likeness (QED) is 0.184. The van der Waals surface area contributed by atoms with E-state index in [1.165, 1.54) is 10.8 Å². The van der Waals surface area contributed by atoms with Crippen molar-refractivity contribution < 1.29 is 0 Å². The lowest BCUT2D eigenvalue weighted by atomic mass is 10.1. The first kappa shape index (κ1) is 26.6. The Bertz CT molecular complexity index is 2290. The molecule has 0 saturated heterocycles. The predicted molar refractivity (Wildman–Crippen MR) is 192 cm³/mol. The van der Waals surface area contributed by atoms with Crippen LogP contribution in [0, 0.1) is 0 Å². The molecule has 2 heterocycles. The van der Waals surface area contributed by atoms with Crippen molar-refractivity contribution in [1.82, 2.24) is 9.13 Å². The fourth-order valence-electron chi connectivity index (χ4n) is 6.76. The van der Waals surface area contributed by atoms with E-state index in [1.807, 2.05) is 12.2 Å². The smallest absolute Gasteiger partial charge is 0.0641 e. The second-order valence-electron chi connectivity index (χ2n) is 11.1. The van der Waals surface area contributed by atoms with E-state index in [9.17, 15) is 0 Å². The summed E-state index contributed by atoms with van der Waals surface area (Å²) in [6, 6.07) is 53.6. The van der Waals surface area contributed by atoms with Crippen LogP contribution < -0.4 is 4.90 Å². The Labute approximate surface area is 262 Å². The largest absolute Gasteiger partial charge is 0.311 e. The van der Waals surface area contributed by atoms with Gasteiger partial charge < -0.3 is 14.0 Å². The molecule has 0 radical (unpaired) electrons. The van der Waals surface area contributed by atoms with E-state index in [-0.39, 0.29) is 0 Å². The summed E-state index contributed by atoms with van der Waals surface area (Å²) in [7, 11) is 0. The van der Waals surface area contributed by atoms with Crippen LogP contribution in [0.4, 0.5) is 17.1 Å². The summed E-state index contributed by atoms with van der Waals surface area (Å²) in [4.78, 5) is 2.29. The molecule has 8 aromatic rings. The van der Waals surface area contributed by atoms with Gasteiger partial charge in [0.1, 0.15) is 0 Å². The highest BCUT2D eigenvalue weighted by Crippen LogP contribution is 2.42. The summed E-state index contributed by atoms with van der Waals surface area (Å²) < 4.78 is 4.71. The highest BCUT2D eigenvalue weighted by atomic mass is 15.1. The standard InChI is InChI=1S/C42H31N3/c1-3-35-36-28-29-40-41(42(36)45(38(35)4-2)32-20-12-7-13-21-32)37-22-14-15-23-39(37)44(40)34-26-24-33(25-27-34)43(30-16-8-5-9-17-30)31-18-10-6-11-19-31/h3-29H,1-2H2. The average Bonchev–Trinajstić information content (AvgIpc) is 3.62. The van der Waals surface area contributed by atoms with Crippen LogP contribution in [-0.4, -0.2) is 9.13 Å². The zero-order valence-electron chi connectivity index (χ0n) is 24.8. The molecule has 0 N–H and O–H groups in total. The van der Waals surface area contributed by atoms with Crippen molar-refractivity contribution in [1.29, 1.82) is 0 Å². The van der Waals surface area contributed by atoms with Crippen molar-refractivity contribution in [3.63, 3.8) is 0 Å². The van der Waals surface area contributed by atoms with E-state index in [4.69, 9.17) is 0 Å². The number of hydrogen-bond donors (Lipinski definition) is 0. The zero-order chi connectivity index (χ0) is 30.3. The van der Waals surface area contributed by atoms with Crippen molar-refractivity contribution >= 4 is 61.9 Å². The molecule has 0 bridgehead atoms. The third-order valence-corrected chi connectivity index (χ3v) is 8.65. The van der Waals surface area contributed by atoms with Crippen molar-refractivity contribution in [2.75, 3.05) is 4.90 Å². The molecule has 0 unspecified atom stereocenters. The van der Waals surface area contributed by atoms with Gasteiger partial charge in [-0.05, 0) is 78.9 Å². The van der Waals surface area contributed by atoms with Gasteiger partial charge in [-0.25, -0.2) is 0 Å². The Kier molecular flexibility index (Phi) is 6.43. The lowest BCUT2D eigenvalue weighted by molar-refractivity contribution is 1.11. The molecule has 2 aromatic heterocycles. The first-order chi connectivity index (χ1) is 22.3. The lowest BCUT2D eigenvalue weighted by Gasteiger charge is -2.25. The normalized spacial score (nSPS) is 11.3. The molecule has 0 aliphatic carbocycles. The monoisotopic (exact) mass is 577 g/mol. The number of benzene rings is 6. The van der Waals surface area contributed by atoms with Gasteiger partial charge in [0.15, 0.2) is 0 Å².